The summed E-state index contributed by atoms with van der Waals surface area (Å²) >= 11 is 3.08. The molecule has 18 heavy (non-hydrogen) atoms. The van der Waals surface area contributed by atoms with E-state index in [0.717, 1.165) is 0 Å². The molecular formula is C11H18N2O3S2. The van der Waals surface area contributed by atoms with Gasteiger partial charge >= 0.3 is 12.0 Å². The van der Waals surface area contributed by atoms with Crippen molar-refractivity contribution < 1.29 is 14.7 Å². The molecule has 7 heteroatoms. The van der Waals surface area contributed by atoms with E-state index < -0.39 is 18.0 Å². The molecule has 1 atom stereocenters. The summed E-state index contributed by atoms with van der Waals surface area (Å²) in [7, 11) is 0. The third-order valence-corrected chi connectivity index (χ3v) is 3.44. The van der Waals surface area contributed by atoms with E-state index in [1.807, 2.05) is 6.26 Å². The Hall–Kier alpha value is -1.00. The summed E-state index contributed by atoms with van der Waals surface area (Å²) in [6, 6.07) is -1.29. The highest BCUT2D eigenvalue weighted by Crippen LogP contribution is 2.01. The number of hydrogen-bond acceptors (Lipinski definition) is 4. The van der Waals surface area contributed by atoms with Gasteiger partial charge < -0.3 is 15.7 Å². The third-order valence-electron chi connectivity index (χ3n) is 1.93. The van der Waals surface area contributed by atoms with Crippen molar-refractivity contribution in [2.24, 2.45) is 0 Å². The largest absolute Gasteiger partial charge is 0.480 e. The number of carboxylic acid groups (broad SMARTS) is 1. The van der Waals surface area contributed by atoms with Crippen LogP contribution in [0.1, 0.15) is 6.42 Å². The van der Waals surface area contributed by atoms with Crippen LogP contribution in [-0.2, 0) is 4.79 Å². The van der Waals surface area contributed by atoms with Gasteiger partial charge in [0.2, 0.25) is 0 Å². The number of carbonyl (C=O) groups excluding carboxylic acids is 1. The summed E-state index contributed by atoms with van der Waals surface area (Å²) in [6.45, 7) is 0.465. The van der Waals surface area contributed by atoms with Crippen molar-refractivity contribution in [1.29, 1.82) is 0 Å². The van der Waals surface area contributed by atoms with Gasteiger partial charge in [-0.25, -0.2) is 9.59 Å². The molecule has 102 valence electrons. The summed E-state index contributed by atoms with van der Waals surface area (Å²) in [6.07, 6.45) is 7.38. The van der Waals surface area contributed by atoms with Gasteiger partial charge in [0.1, 0.15) is 6.04 Å². The van der Waals surface area contributed by atoms with E-state index in [-0.39, 0.29) is 0 Å². The Morgan fingerprint density at radius 1 is 1.44 bits per heavy atom. The Morgan fingerprint density at radius 3 is 2.72 bits per heavy atom. The molecule has 0 saturated heterocycles. The molecule has 0 fully saturated rings. The highest BCUT2D eigenvalue weighted by Gasteiger charge is 2.18. The normalized spacial score (nSPS) is 11.3. The molecule has 0 radical (unpaired) electrons. The second-order valence-electron chi connectivity index (χ2n) is 3.33. The van der Waals surface area contributed by atoms with Crippen LogP contribution in [0.5, 0.6) is 0 Å². The van der Waals surface area contributed by atoms with Crippen molar-refractivity contribution >= 4 is 35.5 Å². The van der Waals surface area contributed by atoms with Gasteiger partial charge in [-0.2, -0.15) is 11.8 Å². The number of urea groups is 1. The molecule has 0 aliphatic rings. The van der Waals surface area contributed by atoms with Crippen LogP contribution >= 0.6 is 23.5 Å². The topological polar surface area (TPSA) is 78.4 Å². The first-order chi connectivity index (χ1) is 8.61. The van der Waals surface area contributed by atoms with E-state index in [0.29, 0.717) is 30.2 Å². The minimum Gasteiger partial charge on any atom is -0.480 e. The van der Waals surface area contributed by atoms with Crippen molar-refractivity contribution in [2.45, 2.75) is 12.5 Å². The standard InChI is InChI=1S/C11H18N2O3S2/c1-3-6-18-8-5-12-11(16)13-9(10(14)15)4-7-17-2/h1,9H,4-8H2,2H3,(H,14,15)(H2,12,13,16)/t9-/m1/s1. The molecule has 0 aliphatic heterocycles. The van der Waals surface area contributed by atoms with Gasteiger partial charge in [0.05, 0.1) is 5.75 Å². The molecule has 2 amide bonds. The third kappa shape index (κ3) is 9.07. The summed E-state index contributed by atoms with van der Waals surface area (Å²) < 4.78 is 0. The average Bonchev–Trinajstić information content (AvgIpc) is 2.33. The van der Waals surface area contributed by atoms with Crippen LogP contribution in [0, 0.1) is 12.3 Å². The van der Waals surface area contributed by atoms with Gasteiger partial charge in [-0.1, -0.05) is 5.92 Å². The number of aliphatic carboxylic acids is 1. The van der Waals surface area contributed by atoms with E-state index in [1.54, 1.807) is 11.8 Å². The minimum absolute atomic E-state index is 0.412. The van der Waals surface area contributed by atoms with Gasteiger partial charge in [0.15, 0.2) is 0 Å². The molecule has 3 N–H and O–H groups in total. The molecule has 0 bridgehead atoms. The smallest absolute Gasteiger partial charge is 0.326 e. The zero-order valence-corrected chi connectivity index (χ0v) is 11.9. The number of carboxylic acids is 1. The van der Waals surface area contributed by atoms with Crippen LogP contribution in [0.2, 0.25) is 0 Å². The number of hydrogen-bond donors (Lipinski definition) is 3. The number of carbonyl (C=O) groups is 2. The maximum Gasteiger partial charge on any atom is 0.326 e. The molecule has 0 spiro atoms. The lowest BCUT2D eigenvalue weighted by atomic mass is 10.2. The summed E-state index contributed by atoms with van der Waals surface area (Å²) in [5.74, 6) is 3.47. The van der Waals surface area contributed by atoms with E-state index in [2.05, 4.69) is 16.6 Å². The fourth-order valence-corrected chi connectivity index (χ4v) is 2.05. The van der Waals surface area contributed by atoms with Crippen LogP contribution in [0.4, 0.5) is 4.79 Å². The van der Waals surface area contributed by atoms with Crippen LogP contribution in [0.15, 0.2) is 0 Å². The van der Waals surface area contributed by atoms with Gasteiger partial charge in [-0.15, -0.1) is 18.2 Å². The Labute approximate surface area is 116 Å². The Bertz CT molecular complexity index is 305. The van der Waals surface area contributed by atoms with Crippen molar-refractivity contribution in [3.63, 3.8) is 0 Å². The number of thioether (sulfide) groups is 2. The first-order valence-corrected chi connectivity index (χ1v) is 7.94. The molecule has 5 nitrogen and oxygen atoms in total. The van der Waals surface area contributed by atoms with Crippen molar-refractivity contribution in [3.8, 4) is 12.3 Å². The second kappa shape index (κ2) is 11.1. The Kier molecular flexibility index (Phi) is 10.5. The van der Waals surface area contributed by atoms with E-state index >= 15 is 0 Å². The fraction of sp³-hybridized carbons (Fsp3) is 0.636. The molecular weight excluding hydrogens is 272 g/mol. The molecule has 0 aromatic heterocycles. The molecule has 0 aromatic carbocycles. The minimum atomic E-state index is -1.01. The van der Waals surface area contributed by atoms with E-state index in [9.17, 15) is 9.59 Å². The number of terminal acetylenes is 1. The summed E-state index contributed by atoms with van der Waals surface area (Å²) in [5.41, 5.74) is 0. The van der Waals surface area contributed by atoms with Crippen LogP contribution in [0.3, 0.4) is 0 Å². The number of rotatable bonds is 9. The van der Waals surface area contributed by atoms with Crippen LogP contribution < -0.4 is 10.6 Å². The predicted molar refractivity (Wildman–Crippen MR) is 77.1 cm³/mol. The highest BCUT2D eigenvalue weighted by molar-refractivity contribution is 7.99. The molecule has 0 aliphatic carbocycles. The highest BCUT2D eigenvalue weighted by atomic mass is 32.2. The SMILES string of the molecule is C#CCSCCNC(=O)N[C@H](CCSC)C(=O)O. The first-order valence-electron chi connectivity index (χ1n) is 5.39. The summed E-state index contributed by atoms with van der Waals surface area (Å²) in [5, 5.41) is 13.9. The Morgan fingerprint density at radius 2 is 2.17 bits per heavy atom. The van der Waals surface area contributed by atoms with Crippen LogP contribution in [0.25, 0.3) is 0 Å². The van der Waals surface area contributed by atoms with Crippen molar-refractivity contribution in [3.05, 3.63) is 0 Å². The molecule has 0 unspecified atom stereocenters. The molecule has 0 aromatic rings. The number of amides is 2. The van der Waals surface area contributed by atoms with Crippen molar-refractivity contribution in [1.82, 2.24) is 10.6 Å². The van der Waals surface area contributed by atoms with Gasteiger partial charge in [-0.05, 0) is 18.4 Å². The van der Waals surface area contributed by atoms with Gasteiger partial charge in [-0.3, -0.25) is 0 Å². The molecule has 0 saturated carbocycles. The second-order valence-corrected chi connectivity index (χ2v) is 5.42. The lowest BCUT2D eigenvalue weighted by molar-refractivity contribution is -0.139. The van der Waals surface area contributed by atoms with Crippen molar-refractivity contribution in [2.75, 3.05) is 30.1 Å². The van der Waals surface area contributed by atoms with E-state index in [4.69, 9.17) is 11.5 Å². The zero-order valence-electron chi connectivity index (χ0n) is 10.3. The van der Waals surface area contributed by atoms with Gasteiger partial charge in [0.25, 0.3) is 0 Å². The maximum absolute atomic E-state index is 11.4. The van der Waals surface area contributed by atoms with Crippen LogP contribution in [-0.4, -0.2) is 53.2 Å². The van der Waals surface area contributed by atoms with E-state index in [1.165, 1.54) is 11.8 Å². The number of nitrogens with one attached hydrogen (secondary N) is 2. The molecule has 0 rings (SSSR count). The lowest BCUT2D eigenvalue weighted by Gasteiger charge is -2.14. The monoisotopic (exact) mass is 290 g/mol. The zero-order chi connectivity index (χ0) is 13.8. The maximum atomic E-state index is 11.4. The lowest BCUT2D eigenvalue weighted by Crippen LogP contribution is -2.46. The predicted octanol–water partition coefficient (Wildman–Crippen LogP) is 0.858. The first kappa shape index (κ1) is 17.0. The fourth-order valence-electron chi connectivity index (χ4n) is 1.07. The van der Waals surface area contributed by atoms with Gasteiger partial charge in [0, 0.05) is 12.3 Å². The Balaban J connectivity index is 3.81. The summed E-state index contributed by atoms with van der Waals surface area (Å²) in [4.78, 5) is 22.3. The quantitative estimate of drug-likeness (QED) is 0.433. The average molecular weight is 290 g/mol. The molecule has 0 heterocycles.